The molecule has 26 heavy (non-hydrogen) atoms. The molecule has 3 rings (SSSR count). The quantitative estimate of drug-likeness (QED) is 0.601. The van der Waals surface area contributed by atoms with Crippen LogP contribution in [0.25, 0.3) is 16.8 Å². The lowest BCUT2D eigenvalue weighted by molar-refractivity contribution is 0.415. The number of aryl methyl sites for hydroxylation is 1. The van der Waals surface area contributed by atoms with E-state index in [1.165, 1.54) is 16.9 Å². The first-order chi connectivity index (χ1) is 12.7. The summed E-state index contributed by atoms with van der Waals surface area (Å²) in [6.07, 6.45) is 2.71. The van der Waals surface area contributed by atoms with Crippen LogP contribution in [0.15, 0.2) is 60.1 Å². The largest absolute Gasteiger partial charge is 0.497 e. The van der Waals surface area contributed by atoms with Crippen LogP contribution in [0.3, 0.4) is 0 Å². The lowest BCUT2D eigenvalue weighted by Gasteiger charge is -2.03. The molecule has 0 radical (unpaired) electrons. The van der Waals surface area contributed by atoms with Gasteiger partial charge in [-0.3, -0.25) is 0 Å². The maximum atomic E-state index is 9.49. The molecule has 0 bridgehead atoms. The molecular formula is C21H19N3OS. The third-order valence-electron chi connectivity index (χ3n) is 3.97. The molecule has 0 saturated carbocycles. The van der Waals surface area contributed by atoms with Gasteiger partial charge < -0.3 is 10.1 Å². The van der Waals surface area contributed by atoms with Gasteiger partial charge in [0.15, 0.2) is 0 Å². The summed E-state index contributed by atoms with van der Waals surface area (Å²) in [5, 5.41) is 15.3. The van der Waals surface area contributed by atoms with Crippen molar-refractivity contribution in [1.82, 2.24) is 4.98 Å². The lowest BCUT2D eigenvalue weighted by Crippen LogP contribution is -1.91. The van der Waals surface area contributed by atoms with Crippen LogP contribution in [-0.4, -0.2) is 12.1 Å². The molecule has 0 spiro atoms. The van der Waals surface area contributed by atoms with Crippen molar-refractivity contribution >= 4 is 22.6 Å². The Hall–Kier alpha value is -3.10. The highest BCUT2D eigenvalue weighted by Gasteiger charge is 2.09. The Bertz CT molecular complexity index is 952. The maximum absolute atomic E-state index is 9.49. The summed E-state index contributed by atoms with van der Waals surface area (Å²) < 4.78 is 5.26. The zero-order valence-corrected chi connectivity index (χ0v) is 15.5. The van der Waals surface area contributed by atoms with E-state index >= 15 is 0 Å². The van der Waals surface area contributed by atoms with Crippen molar-refractivity contribution in [3.05, 3.63) is 70.7 Å². The minimum atomic E-state index is 0.503. The Morgan fingerprint density at radius 1 is 1.27 bits per heavy atom. The number of nitrogens with zero attached hydrogens (tertiary/aromatic N) is 2. The number of anilines is 1. The summed E-state index contributed by atoms with van der Waals surface area (Å²) in [5.74, 6) is 0.783. The Morgan fingerprint density at radius 3 is 2.77 bits per heavy atom. The Morgan fingerprint density at radius 2 is 2.08 bits per heavy atom. The van der Waals surface area contributed by atoms with Crippen LogP contribution >= 0.6 is 11.3 Å². The van der Waals surface area contributed by atoms with Crippen molar-refractivity contribution in [2.45, 2.75) is 13.3 Å². The van der Waals surface area contributed by atoms with E-state index < -0.39 is 0 Å². The molecular weight excluding hydrogens is 342 g/mol. The normalized spacial score (nSPS) is 11.0. The van der Waals surface area contributed by atoms with Gasteiger partial charge in [0.2, 0.25) is 0 Å². The monoisotopic (exact) mass is 361 g/mol. The molecule has 0 unspecified atom stereocenters. The fraction of sp³-hybridized carbons (Fsp3) is 0.143. The van der Waals surface area contributed by atoms with E-state index in [4.69, 9.17) is 4.74 Å². The molecule has 5 heteroatoms. The third-order valence-corrected chi connectivity index (χ3v) is 4.84. The number of ether oxygens (including phenoxy) is 1. The molecule has 0 aliphatic heterocycles. The van der Waals surface area contributed by atoms with Crippen molar-refractivity contribution in [1.29, 1.82) is 5.26 Å². The van der Waals surface area contributed by atoms with Crippen molar-refractivity contribution < 1.29 is 4.74 Å². The number of nitrogens with one attached hydrogen (secondary N) is 1. The Balaban J connectivity index is 1.80. The number of allylic oxidation sites excluding steroid dienone is 1. The molecule has 0 atom stereocenters. The average molecular weight is 361 g/mol. The summed E-state index contributed by atoms with van der Waals surface area (Å²) in [4.78, 5) is 4.60. The number of aromatic nitrogens is 1. The first-order valence-corrected chi connectivity index (χ1v) is 9.17. The van der Waals surface area contributed by atoms with Gasteiger partial charge in [0.05, 0.1) is 12.8 Å². The van der Waals surface area contributed by atoms with E-state index in [2.05, 4.69) is 35.4 Å². The molecule has 4 nitrogen and oxygen atoms in total. The summed E-state index contributed by atoms with van der Waals surface area (Å²) >= 11 is 1.45. The topological polar surface area (TPSA) is 57.9 Å². The van der Waals surface area contributed by atoms with Crippen LogP contribution in [0.1, 0.15) is 17.5 Å². The molecule has 1 N–H and O–H groups in total. The van der Waals surface area contributed by atoms with E-state index in [1.54, 1.807) is 13.3 Å². The fourth-order valence-electron chi connectivity index (χ4n) is 2.45. The molecule has 3 aromatic rings. The zero-order chi connectivity index (χ0) is 18.4. The molecule has 0 fully saturated rings. The van der Waals surface area contributed by atoms with Gasteiger partial charge in [-0.15, -0.1) is 11.3 Å². The standard InChI is InChI=1S/C21H19N3OS/c1-3-15-7-9-18(10-8-15)23-13-17(12-22)21-24-20(14-26-21)16-5-4-6-19(11-16)25-2/h4-11,13-14,23H,3H2,1-2H3/b17-13+. The van der Waals surface area contributed by atoms with Crippen molar-refractivity contribution in [3.8, 4) is 23.1 Å². The minimum absolute atomic E-state index is 0.503. The first-order valence-electron chi connectivity index (χ1n) is 8.29. The Kier molecular flexibility index (Phi) is 5.67. The van der Waals surface area contributed by atoms with Gasteiger partial charge in [-0.25, -0.2) is 4.98 Å². The highest BCUT2D eigenvalue weighted by Crippen LogP contribution is 2.28. The second-order valence-electron chi connectivity index (χ2n) is 5.63. The second-order valence-corrected chi connectivity index (χ2v) is 6.49. The van der Waals surface area contributed by atoms with E-state index in [1.807, 2.05) is 41.8 Å². The summed E-state index contributed by atoms with van der Waals surface area (Å²) in [6.45, 7) is 2.12. The van der Waals surface area contributed by atoms with Crippen LogP contribution in [-0.2, 0) is 6.42 Å². The number of thiazole rings is 1. The highest BCUT2D eigenvalue weighted by atomic mass is 32.1. The van der Waals surface area contributed by atoms with Crippen molar-refractivity contribution in [3.63, 3.8) is 0 Å². The van der Waals surface area contributed by atoms with E-state index in [0.717, 1.165) is 29.1 Å². The van der Waals surface area contributed by atoms with Gasteiger partial charge in [0.1, 0.15) is 22.4 Å². The smallest absolute Gasteiger partial charge is 0.136 e. The van der Waals surface area contributed by atoms with Crippen molar-refractivity contribution in [2.24, 2.45) is 0 Å². The molecule has 1 aromatic heterocycles. The predicted octanol–water partition coefficient (Wildman–Crippen LogP) is 5.36. The van der Waals surface area contributed by atoms with Crippen LogP contribution in [0, 0.1) is 11.3 Å². The summed E-state index contributed by atoms with van der Waals surface area (Å²) in [6, 6.07) is 18.1. The molecule has 1 heterocycles. The molecule has 0 aliphatic carbocycles. The van der Waals surface area contributed by atoms with Gasteiger partial charge in [0, 0.05) is 22.8 Å². The fourth-order valence-corrected chi connectivity index (χ4v) is 3.24. The third kappa shape index (κ3) is 4.11. The summed E-state index contributed by atoms with van der Waals surface area (Å²) in [7, 11) is 1.64. The van der Waals surface area contributed by atoms with Crippen LogP contribution in [0.4, 0.5) is 5.69 Å². The molecule has 2 aromatic carbocycles. The number of methoxy groups -OCH3 is 1. The number of hydrogen-bond acceptors (Lipinski definition) is 5. The SMILES string of the molecule is CCc1ccc(N/C=C(\C#N)c2nc(-c3cccc(OC)c3)cs2)cc1. The van der Waals surface area contributed by atoms with Gasteiger partial charge >= 0.3 is 0 Å². The van der Waals surface area contributed by atoms with E-state index in [0.29, 0.717) is 10.6 Å². The Labute approximate surface area is 157 Å². The number of nitriles is 1. The second kappa shape index (κ2) is 8.32. The van der Waals surface area contributed by atoms with Gasteiger partial charge in [-0.2, -0.15) is 5.26 Å². The maximum Gasteiger partial charge on any atom is 0.136 e. The zero-order valence-electron chi connectivity index (χ0n) is 14.7. The highest BCUT2D eigenvalue weighted by molar-refractivity contribution is 7.11. The van der Waals surface area contributed by atoms with E-state index in [-0.39, 0.29) is 0 Å². The summed E-state index contributed by atoms with van der Waals surface area (Å²) in [5.41, 5.74) is 4.52. The number of rotatable bonds is 6. The van der Waals surface area contributed by atoms with Gasteiger partial charge in [0.25, 0.3) is 0 Å². The molecule has 0 amide bonds. The van der Waals surface area contributed by atoms with Crippen molar-refractivity contribution in [2.75, 3.05) is 12.4 Å². The molecule has 0 saturated heterocycles. The molecule has 0 aliphatic rings. The van der Waals surface area contributed by atoms with Gasteiger partial charge in [-0.05, 0) is 36.2 Å². The minimum Gasteiger partial charge on any atom is -0.497 e. The van der Waals surface area contributed by atoms with Crippen LogP contribution in [0.2, 0.25) is 0 Å². The average Bonchev–Trinajstić information content (AvgIpc) is 3.19. The number of benzene rings is 2. The predicted molar refractivity (Wildman–Crippen MR) is 107 cm³/mol. The van der Waals surface area contributed by atoms with E-state index in [9.17, 15) is 5.26 Å². The van der Waals surface area contributed by atoms with Crippen LogP contribution in [0.5, 0.6) is 5.75 Å². The van der Waals surface area contributed by atoms with Gasteiger partial charge in [-0.1, -0.05) is 31.2 Å². The van der Waals surface area contributed by atoms with Crippen LogP contribution < -0.4 is 10.1 Å². The lowest BCUT2D eigenvalue weighted by atomic mass is 10.1. The number of hydrogen-bond donors (Lipinski definition) is 1. The molecule has 130 valence electrons. The first kappa shape index (κ1) is 17.7.